The Labute approximate surface area is 67.4 Å². The fourth-order valence-electron chi connectivity index (χ4n) is 1.38. The lowest BCUT2D eigenvalue weighted by Crippen LogP contribution is -2.35. The third-order valence-electron chi connectivity index (χ3n) is 2.74. The first-order valence-electron chi connectivity index (χ1n) is 4.64. The summed E-state index contributed by atoms with van der Waals surface area (Å²) in [6, 6.07) is 0. The van der Waals surface area contributed by atoms with Gasteiger partial charge in [-0.15, -0.1) is 0 Å². The van der Waals surface area contributed by atoms with Crippen LogP contribution >= 0.6 is 0 Å². The minimum atomic E-state index is 0.308. The maximum atomic E-state index is 11.2. The highest BCUT2D eigenvalue weighted by Gasteiger charge is 2.27. The molecule has 0 aromatic carbocycles. The molecule has 0 saturated heterocycles. The highest BCUT2D eigenvalue weighted by atomic mass is 16.1. The Morgan fingerprint density at radius 2 is 2.00 bits per heavy atom. The maximum absolute atomic E-state index is 11.2. The van der Waals surface area contributed by atoms with Crippen LogP contribution in [0.3, 0.4) is 0 Å². The van der Waals surface area contributed by atoms with E-state index in [2.05, 4.69) is 5.32 Å². The molecule has 0 radical (unpaired) electrons. The van der Waals surface area contributed by atoms with Crippen molar-refractivity contribution in [2.45, 2.75) is 32.1 Å². The molecule has 2 nitrogen and oxygen atoms in total. The molecule has 2 rings (SSSR count). The van der Waals surface area contributed by atoms with Crippen molar-refractivity contribution in [1.82, 2.24) is 5.32 Å². The summed E-state index contributed by atoms with van der Waals surface area (Å²) < 4.78 is 0. The van der Waals surface area contributed by atoms with E-state index >= 15 is 0 Å². The normalized spacial score (nSPS) is 24.4. The first-order valence-corrected chi connectivity index (χ1v) is 4.64. The smallest absolute Gasteiger partial charge is 0.223 e. The Hall–Kier alpha value is -0.530. The number of hydrogen-bond acceptors (Lipinski definition) is 1. The fraction of sp³-hybridized carbons (Fsp3) is 0.889. The van der Waals surface area contributed by atoms with Crippen molar-refractivity contribution in [3.63, 3.8) is 0 Å². The van der Waals surface area contributed by atoms with E-state index < -0.39 is 0 Å². The lowest BCUT2D eigenvalue weighted by molar-refractivity contribution is -0.127. The Morgan fingerprint density at radius 1 is 1.27 bits per heavy atom. The van der Waals surface area contributed by atoms with Gasteiger partial charge in [-0.25, -0.2) is 0 Å². The third-order valence-corrected chi connectivity index (χ3v) is 2.74. The molecular formula is C9H15NO. The minimum Gasteiger partial charge on any atom is -0.356 e. The van der Waals surface area contributed by atoms with Crippen LogP contribution in [0, 0.1) is 11.8 Å². The molecule has 2 heteroatoms. The number of rotatable bonds is 3. The van der Waals surface area contributed by atoms with Gasteiger partial charge in [-0.05, 0) is 31.6 Å². The van der Waals surface area contributed by atoms with E-state index in [-0.39, 0.29) is 0 Å². The molecule has 62 valence electrons. The van der Waals surface area contributed by atoms with Gasteiger partial charge < -0.3 is 5.32 Å². The van der Waals surface area contributed by atoms with E-state index in [4.69, 9.17) is 0 Å². The molecule has 0 spiro atoms. The molecular weight excluding hydrogens is 138 g/mol. The molecule has 0 atom stereocenters. The van der Waals surface area contributed by atoms with Crippen LogP contribution in [0.4, 0.5) is 0 Å². The van der Waals surface area contributed by atoms with Crippen molar-refractivity contribution in [2.24, 2.45) is 11.8 Å². The van der Waals surface area contributed by atoms with Crippen molar-refractivity contribution < 1.29 is 4.79 Å². The predicted molar refractivity (Wildman–Crippen MR) is 43.1 cm³/mol. The molecule has 2 fully saturated rings. The Kier molecular flexibility index (Phi) is 1.84. The second-order valence-corrected chi connectivity index (χ2v) is 3.82. The highest BCUT2D eigenvalue weighted by molar-refractivity contribution is 5.79. The zero-order chi connectivity index (χ0) is 7.68. The number of carbonyl (C=O) groups excluding carboxylic acids is 1. The summed E-state index contributed by atoms with van der Waals surface area (Å²) in [5.74, 6) is 1.50. The van der Waals surface area contributed by atoms with Crippen molar-refractivity contribution in [3.8, 4) is 0 Å². The average Bonchev–Trinajstić information content (AvgIpc) is 2.61. The van der Waals surface area contributed by atoms with Gasteiger partial charge in [0.1, 0.15) is 0 Å². The van der Waals surface area contributed by atoms with E-state index in [1.165, 1.54) is 19.3 Å². The maximum Gasteiger partial charge on any atom is 0.223 e. The van der Waals surface area contributed by atoms with Crippen LogP contribution in [0.5, 0.6) is 0 Å². The minimum absolute atomic E-state index is 0.308. The molecule has 1 N–H and O–H groups in total. The van der Waals surface area contributed by atoms with Gasteiger partial charge in [-0.2, -0.15) is 0 Å². The Bertz CT molecular complexity index is 159. The van der Waals surface area contributed by atoms with Crippen LogP contribution in [-0.4, -0.2) is 12.5 Å². The molecule has 2 aliphatic rings. The zero-order valence-corrected chi connectivity index (χ0v) is 6.81. The summed E-state index contributed by atoms with van der Waals surface area (Å²) in [6.45, 7) is 0.940. The summed E-state index contributed by atoms with van der Waals surface area (Å²) in [6.07, 6.45) is 6.14. The number of carbonyl (C=O) groups is 1. The molecule has 0 aliphatic heterocycles. The topological polar surface area (TPSA) is 29.1 Å². The Morgan fingerprint density at radius 3 is 2.45 bits per heavy atom. The van der Waals surface area contributed by atoms with Gasteiger partial charge in [0, 0.05) is 12.5 Å². The molecule has 1 amide bonds. The average molecular weight is 153 g/mol. The van der Waals surface area contributed by atoms with Crippen molar-refractivity contribution in [2.75, 3.05) is 6.54 Å². The largest absolute Gasteiger partial charge is 0.356 e. The molecule has 2 aliphatic carbocycles. The third kappa shape index (κ3) is 1.73. The molecule has 0 heterocycles. The first-order chi connectivity index (χ1) is 5.36. The second kappa shape index (κ2) is 2.84. The first kappa shape index (κ1) is 7.14. The van der Waals surface area contributed by atoms with Gasteiger partial charge in [-0.3, -0.25) is 4.79 Å². The van der Waals surface area contributed by atoms with E-state index in [0.29, 0.717) is 11.8 Å². The summed E-state index contributed by atoms with van der Waals surface area (Å²) in [5.41, 5.74) is 0. The van der Waals surface area contributed by atoms with Crippen LogP contribution in [-0.2, 0) is 4.79 Å². The summed E-state index contributed by atoms with van der Waals surface area (Å²) in [4.78, 5) is 11.2. The van der Waals surface area contributed by atoms with Crippen LogP contribution in [0.1, 0.15) is 32.1 Å². The quantitative estimate of drug-likeness (QED) is 0.650. The van der Waals surface area contributed by atoms with Gasteiger partial charge in [0.25, 0.3) is 0 Å². The highest BCUT2D eigenvalue weighted by Crippen LogP contribution is 2.29. The lowest BCUT2D eigenvalue weighted by Gasteiger charge is -2.23. The summed E-state index contributed by atoms with van der Waals surface area (Å²) in [5, 5.41) is 3.01. The van der Waals surface area contributed by atoms with Gasteiger partial charge in [0.15, 0.2) is 0 Å². The summed E-state index contributed by atoms with van der Waals surface area (Å²) in [7, 11) is 0. The molecule has 0 bridgehead atoms. The molecule has 0 aromatic rings. The Balaban J connectivity index is 1.63. The van der Waals surface area contributed by atoms with Crippen molar-refractivity contribution in [3.05, 3.63) is 0 Å². The van der Waals surface area contributed by atoms with Crippen LogP contribution in [0.2, 0.25) is 0 Å². The van der Waals surface area contributed by atoms with Gasteiger partial charge in [0.05, 0.1) is 0 Å². The molecule has 0 unspecified atom stereocenters. The van der Waals surface area contributed by atoms with Gasteiger partial charge in [0.2, 0.25) is 5.91 Å². The van der Waals surface area contributed by atoms with Crippen molar-refractivity contribution >= 4 is 5.91 Å². The van der Waals surface area contributed by atoms with Gasteiger partial charge in [-0.1, -0.05) is 6.42 Å². The van der Waals surface area contributed by atoms with E-state index in [1.54, 1.807) is 0 Å². The van der Waals surface area contributed by atoms with E-state index in [1.807, 2.05) is 0 Å². The number of hydrogen-bond donors (Lipinski definition) is 1. The van der Waals surface area contributed by atoms with Crippen LogP contribution in [0.15, 0.2) is 0 Å². The fourth-order valence-corrected chi connectivity index (χ4v) is 1.38. The monoisotopic (exact) mass is 153 g/mol. The number of nitrogens with one attached hydrogen (secondary N) is 1. The lowest BCUT2D eigenvalue weighted by atomic mass is 9.85. The van der Waals surface area contributed by atoms with Crippen LogP contribution < -0.4 is 5.32 Å². The van der Waals surface area contributed by atoms with E-state index in [9.17, 15) is 4.79 Å². The zero-order valence-electron chi connectivity index (χ0n) is 6.81. The SMILES string of the molecule is O=C(NCC1CC1)C1CCC1. The predicted octanol–water partition coefficient (Wildman–Crippen LogP) is 1.31. The van der Waals surface area contributed by atoms with Crippen LogP contribution in [0.25, 0.3) is 0 Å². The standard InChI is InChI=1S/C9H15NO/c11-9(8-2-1-3-8)10-6-7-4-5-7/h7-8H,1-6H2,(H,10,11). The van der Waals surface area contributed by atoms with Crippen molar-refractivity contribution in [1.29, 1.82) is 0 Å². The van der Waals surface area contributed by atoms with E-state index in [0.717, 1.165) is 25.3 Å². The molecule has 0 aromatic heterocycles. The van der Waals surface area contributed by atoms with Gasteiger partial charge >= 0.3 is 0 Å². The second-order valence-electron chi connectivity index (χ2n) is 3.82. The molecule has 11 heavy (non-hydrogen) atoms. The summed E-state index contributed by atoms with van der Waals surface area (Å²) >= 11 is 0. The number of amides is 1. The molecule has 2 saturated carbocycles.